The number of carbonyl (C=O) groups excluding carboxylic acids is 1. The molecule has 166 valence electrons. The van der Waals surface area contributed by atoms with Gasteiger partial charge in [-0.05, 0) is 55.8 Å². The van der Waals surface area contributed by atoms with Gasteiger partial charge in [0.1, 0.15) is 11.4 Å². The molecule has 1 aliphatic rings. The summed E-state index contributed by atoms with van der Waals surface area (Å²) in [7, 11) is 7.97. The second-order valence-corrected chi connectivity index (χ2v) is 8.37. The molecule has 6 heteroatoms. The van der Waals surface area contributed by atoms with Gasteiger partial charge < -0.3 is 19.3 Å². The highest BCUT2D eigenvalue weighted by Crippen LogP contribution is 2.50. The lowest BCUT2D eigenvalue weighted by molar-refractivity contribution is 0.0234. The molecule has 0 amide bonds. The Morgan fingerprint density at radius 2 is 1.62 bits per heavy atom. The van der Waals surface area contributed by atoms with Crippen LogP contribution in [0.5, 0.6) is 5.75 Å². The normalized spacial score (nSPS) is 17.0. The van der Waals surface area contributed by atoms with Crippen molar-refractivity contribution in [3.05, 3.63) is 82.7 Å². The van der Waals surface area contributed by atoms with Crippen LogP contribution in [0.1, 0.15) is 39.7 Å². The summed E-state index contributed by atoms with van der Waals surface area (Å²) < 4.78 is 12.3. The monoisotopic (exact) mass is 431 g/mol. The minimum absolute atomic E-state index is 0.386. The largest absolute Gasteiger partial charge is 0.493 e. The summed E-state index contributed by atoms with van der Waals surface area (Å²) in [6.07, 6.45) is 1.70. The van der Waals surface area contributed by atoms with Crippen LogP contribution in [0.4, 0.5) is 11.4 Å². The van der Waals surface area contributed by atoms with E-state index < -0.39 is 5.60 Å². The molecule has 0 saturated carbocycles. The fourth-order valence-electron chi connectivity index (χ4n) is 4.28. The van der Waals surface area contributed by atoms with Gasteiger partial charge in [-0.2, -0.15) is 0 Å². The first-order valence-electron chi connectivity index (χ1n) is 10.7. The Morgan fingerprint density at radius 3 is 2.25 bits per heavy atom. The van der Waals surface area contributed by atoms with Gasteiger partial charge in [0.2, 0.25) is 5.60 Å². The third-order valence-corrected chi connectivity index (χ3v) is 5.87. The van der Waals surface area contributed by atoms with Gasteiger partial charge in [-0.15, -0.1) is 0 Å². The van der Waals surface area contributed by atoms with E-state index >= 15 is 0 Å². The number of ether oxygens (including phenoxy) is 2. The number of aromatic nitrogens is 1. The molecule has 0 saturated heterocycles. The molecule has 2 heterocycles. The van der Waals surface area contributed by atoms with E-state index in [0.717, 1.165) is 28.1 Å². The number of benzene rings is 2. The first kappa shape index (κ1) is 21.7. The number of hydrogen-bond acceptors (Lipinski definition) is 6. The van der Waals surface area contributed by atoms with Crippen molar-refractivity contribution in [3.8, 4) is 5.75 Å². The van der Waals surface area contributed by atoms with Crippen LogP contribution in [-0.4, -0.2) is 45.8 Å². The third kappa shape index (κ3) is 3.36. The summed E-state index contributed by atoms with van der Waals surface area (Å²) in [5.41, 5.74) is 4.56. The molecule has 4 rings (SSSR count). The lowest BCUT2D eigenvalue weighted by atomic mass is 9.80. The zero-order valence-corrected chi connectivity index (χ0v) is 19.5. The fourth-order valence-corrected chi connectivity index (χ4v) is 4.28. The molecule has 1 unspecified atom stereocenters. The quantitative estimate of drug-likeness (QED) is 0.540. The standard InChI is InChI=1S/C26H29N3O3/c1-7-31-23-16-19(29(5)6)11-13-22(23)26(21-12-10-18(28(3)4)15-17(21)2)24-20(25(30)32-26)9-8-14-27-24/h8-16H,7H2,1-6H3. The van der Waals surface area contributed by atoms with E-state index in [0.29, 0.717) is 23.6 Å². The Bertz CT molecular complexity index is 1170. The summed E-state index contributed by atoms with van der Waals surface area (Å²) >= 11 is 0. The van der Waals surface area contributed by atoms with Crippen LogP contribution in [0.2, 0.25) is 0 Å². The molecule has 0 bridgehead atoms. The minimum atomic E-state index is -1.20. The van der Waals surface area contributed by atoms with Crippen LogP contribution in [0.15, 0.2) is 54.7 Å². The maximum atomic E-state index is 13.0. The van der Waals surface area contributed by atoms with E-state index in [4.69, 9.17) is 9.47 Å². The Kier molecular flexibility index (Phi) is 5.55. The van der Waals surface area contributed by atoms with Crippen LogP contribution < -0.4 is 14.5 Å². The summed E-state index contributed by atoms with van der Waals surface area (Å²) in [4.78, 5) is 21.8. The van der Waals surface area contributed by atoms with Gasteiger partial charge in [0, 0.05) is 63.0 Å². The van der Waals surface area contributed by atoms with Crippen molar-refractivity contribution in [1.82, 2.24) is 4.98 Å². The number of anilines is 2. The third-order valence-electron chi connectivity index (χ3n) is 5.87. The maximum absolute atomic E-state index is 13.0. The average Bonchev–Trinajstić information content (AvgIpc) is 3.07. The average molecular weight is 432 g/mol. The van der Waals surface area contributed by atoms with E-state index in [1.54, 1.807) is 18.3 Å². The predicted molar refractivity (Wildman–Crippen MR) is 127 cm³/mol. The number of esters is 1. The van der Waals surface area contributed by atoms with E-state index in [2.05, 4.69) is 11.1 Å². The first-order valence-corrected chi connectivity index (χ1v) is 10.7. The molecule has 0 aliphatic carbocycles. The molecule has 0 N–H and O–H groups in total. The van der Waals surface area contributed by atoms with Gasteiger partial charge in [0.25, 0.3) is 0 Å². The fraction of sp³-hybridized carbons (Fsp3) is 0.308. The summed E-state index contributed by atoms with van der Waals surface area (Å²) in [5.74, 6) is 0.282. The van der Waals surface area contributed by atoms with Crippen molar-refractivity contribution in [2.75, 3.05) is 44.6 Å². The van der Waals surface area contributed by atoms with Crippen molar-refractivity contribution in [2.45, 2.75) is 19.4 Å². The Balaban J connectivity index is 2.06. The van der Waals surface area contributed by atoms with Crippen molar-refractivity contribution in [3.63, 3.8) is 0 Å². The van der Waals surface area contributed by atoms with Crippen molar-refractivity contribution < 1.29 is 14.3 Å². The Hall–Kier alpha value is -3.54. The van der Waals surface area contributed by atoms with Crippen molar-refractivity contribution >= 4 is 17.3 Å². The molecule has 0 fully saturated rings. The number of rotatable bonds is 6. The highest BCUT2D eigenvalue weighted by Gasteiger charge is 2.52. The van der Waals surface area contributed by atoms with Gasteiger partial charge in [-0.1, -0.05) is 6.07 Å². The molecule has 1 aromatic heterocycles. The Morgan fingerprint density at radius 1 is 0.969 bits per heavy atom. The van der Waals surface area contributed by atoms with Gasteiger partial charge in [-0.25, -0.2) is 4.79 Å². The zero-order chi connectivity index (χ0) is 23.0. The molecule has 0 radical (unpaired) electrons. The number of nitrogens with zero attached hydrogens (tertiary/aromatic N) is 3. The zero-order valence-electron chi connectivity index (χ0n) is 19.5. The van der Waals surface area contributed by atoms with Crippen molar-refractivity contribution in [1.29, 1.82) is 0 Å². The number of fused-ring (bicyclic) bond motifs is 1. The van der Waals surface area contributed by atoms with Gasteiger partial charge in [0.05, 0.1) is 12.2 Å². The highest BCUT2D eigenvalue weighted by atomic mass is 16.6. The highest BCUT2D eigenvalue weighted by molar-refractivity contribution is 5.96. The molecule has 1 atom stereocenters. The molecular weight excluding hydrogens is 402 g/mol. The SMILES string of the molecule is CCOc1cc(N(C)C)ccc1C1(c2ccc(N(C)C)cc2C)OC(=O)c2cccnc21. The lowest BCUT2D eigenvalue weighted by Gasteiger charge is -2.33. The number of pyridine rings is 1. The molecular formula is C26H29N3O3. The molecule has 2 aromatic carbocycles. The second-order valence-electron chi connectivity index (χ2n) is 8.37. The van der Waals surface area contributed by atoms with E-state index in [1.165, 1.54) is 0 Å². The number of carbonyl (C=O) groups is 1. The molecule has 1 aliphatic heterocycles. The smallest absolute Gasteiger partial charge is 0.341 e. The van der Waals surface area contributed by atoms with Crippen molar-refractivity contribution in [2.24, 2.45) is 0 Å². The van der Waals surface area contributed by atoms with Gasteiger partial charge in [0.15, 0.2) is 0 Å². The Labute approximate surface area is 189 Å². The van der Waals surface area contributed by atoms with Crippen LogP contribution in [-0.2, 0) is 10.3 Å². The van der Waals surface area contributed by atoms with Gasteiger partial charge in [-0.3, -0.25) is 4.98 Å². The van der Waals surface area contributed by atoms with E-state index in [1.807, 2.05) is 82.2 Å². The van der Waals surface area contributed by atoms with Crippen LogP contribution in [0.3, 0.4) is 0 Å². The topological polar surface area (TPSA) is 54.9 Å². The van der Waals surface area contributed by atoms with Crippen LogP contribution in [0, 0.1) is 6.92 Å². The molecule has 32 heavy (non-hydrogen) atoms. The molecule has 0 spiro atoms. The van der Waals surface area contributed by atoms with Crippen LogP contribution >= 0.6 is 0 Å². The van der Waals surface area contributed by atoms with E-state index in [-0.39, 0.29) is 5.97 Å². The summed E-state index contributed by atoms with van der Waals surface area (Å²) in [6.45, 7) is 4.47. The second kappa shape index (κ2) is 8.19. The number of cyclic esters (lactones) is 1. The number of hydrogen-bond donors (Lipinski definition) is 0. The number of aryl methyl sites for hydroxylation is 1. The summed E-state index contributed by atoms with van der Waals surface area (Å²) in [5, 5.41) is 0. The summed E-state index contributed by atoms with van der Waals surface area (Å²) in [6, 6.07) is 15.7. The van der Waals surface area contributed by atoms with Crippen LogP contribution in [0.25, 0.3) is 0 Å². The minimum Gasteiger partial charge on any atom is -0.493 e. The van der Waals surface area contributed by atoms with E-state index in [9.17, 15) is 4.79 Å². The molecule has 6 nitrogen and oxygen atoms in total. The molecule has 3 aromatic rings. The maximum Gasteiger partial charge on any atom is 0.341 e. The van der Waals surface area contributed by atoms with Gasteiger partial charge >= 0.3 is 5.97 Å². The predicted octanol–water partition coefficient (Wildman–Crippen LogP) is 4.38. The first-order chi connectivity index (χ1) is 15.3. The lowest BCUT2D eigenvalue weighted by Crippen LogP contribution is -2.32.